The van der Waals surface area contributed by atoms with Gasteiger partial charge in [-0.2, -0.15) is 0 Å². The van der Waals surface area contributed by atoms with Gasteiger partial charge in [-0.1, -0.05) is 18.9 Å². The minimum atomic E-state index is 0.121. The first kappa shape index (κ1) is 14.0. The third kappa shape index (κ3) is 4.05. The van der Waals surface area contributed by atoms with E-state index < -0.39 is 0 Å². The highest BCUT2D eigenvalue weighted by molar-refractivity contribution is 5.62. The van der Waals surface area contributed by atoms with Crippen molar-refractivity contribution in [3.63, 3.8) is 0 Å². The number of hydrogen-bond donors (Lipinski definition) is 1. The van der Waals surface area contributed by atoms with E-state index in [1.165, 1.54) is 25.7 Å². The molecule has 0 radical (unpaired) electrons. The average molecular weight is 263 g/mol. The van der Waals surface area contributed by atoms with E-state index >= 15 is 0 Å². The lowest BCUT2D eigenvalue weighted by Crippen LogP contribution is -2.16. The van der Waals surface area contributed by atoms with Crippen molar-refractivity contribution in [2.75, 3.05) is 5.73 Å². The number of benzene rings is 1. The molecule has 1 aromatic rings. The molecule has 1 aromatic carbocycles. The lowest BCUT2D eigenvalue weighted by atomic mass is 10.1. The minimum absolute atomic E-state index is 0.121. The Labute approximate surface area is 116 Å². The van der Waals surface area contributed by atoms with E-state index in [4.69, 9.17) is 15.2 Å². The predicted molar refractivity (Wildman–Crippen MR) is 78.7 cm³/mol. The van der Waals surface area contributed by atoms with Crippen LogP contribution in [0.25, 0.3) is 0 Å². The summed E-state index contributed by atoms with van der Waals surface area (Å²) in [7, 11) is 0. The fourth-order valence-corrected chi connectivity index (χ4v) is 2.52. The summed E-state index contributed by atoms with van der Waals surface area (Å²) in [6, 6.07) is 5.78. The number of para-hydroxylation sites is 1. The molecule has 0 aromatic heterocycles. The summed E-state index contributed by atoms with van der Waals surface area (Å²) in [5.74, 6) is 1.49. The molecule has 0 aliphatic heterocycles. The second kappa shape index (κ2) is 6.69. The van der Waals surface area contributed by atoms with Crippen LogP contribution >= 0.6 is 0 Å². The summed E-state index contributed by atoms with van der Waals surface area (Å²) in [6.07, 6.45) is 7.86. The molecule has 3 nitrogen and oxygen atoms in total. The van der Waals surface area contributed by atoms with Crippen LogP contribution in [-0.4, -0.2) is 12.2 Å². The van der Waals surface area contributed by atoms with E-state index in [1.54, 1.807) is 0 Å². The predicted octanol–water partition coefficient (Wildman–Crippen LogP) is 4.16. The molecule has 2 rings (SSSR count). The smallest absolute Gasteiger partial charge is 0.146 e. The van der Waals surface area contributed by atoms with Crippen LogP contribution in [0.4, 0.5) is 5.69 Å². The lowest BCUT2D eigenvalue weighted by molar-refractivity contribution is 0.183. The zero-order valence-electron chi connectivity index (χ0n) is 12.0. The maximum absolute atomic E-state index is 6.14. The molecule has 0 heterocycles. The van der Waals surface area contributed by atoms with E-state index in [0.29, 0.717) is 11.8 Å². The van der Waals surface area contributed by atoms with Gasteiger partial charge in [0.05, 0.1) is 12.2 Å². The SMILES string of the molecule is CC(C)Oc1cccc(OC2CCCCCC2)c1N. The van der Waals surface area contributed by atoms with Gasteiger partial charge < -0.3 is 15.2 Å². The Morgan fingerprint density at radius 1 is 1.05 bits per heavy atom. The van der Waals surface area contributed by atoms with Gasteiger partial charge in [0, 0.05) is 0 Å². The van der Waals surface area contributed by atoms with E-state index in [-0.39, 0.29) is 6.10 Å². The van der Waals surface area contributed by atoms with E-state index in [0.717, 1.165) is 24.3 Å². The molecule has 1 saturated carbocycles. The maximum Gasteiger partial charge on any atom is 0.146 e. The van der Waals surface area contributed by atoms with Gasteiger partial charge in [-0.15, -0.1) is 0 Å². The van der Waals surface area contributed by atoms with Crippen LogP contribution in [0.2, 0.25) is 0 Å². The van der Waals surface area contributed by atoms with E-state index in [1.807, 2.05) is 32.0 Å². The summed E-state index contributed by atoms with van der Waals surface area (Å²) >= 11 is 0. The van der Waals surface area contributed by atoms with Crippen LogP contribution in [0.1, 0.15) is 52.4 Å². The molecule has 0 bridgehead atoms. The first-order valence-electron chi connectivity index (χ1n) is 7.38. The van der Waals surface area contributed by atoms with E-state index in [2.05, 4.69) is 0 Å². The molecular weight excluding hydrogens is 238 g/mol. The number of ether oxygens (including phenoxy) is 2. The van der Waals surface area contributed by atoms with E-state index in [9.17, 15) is 0 Å². The normalized spacial score (nSPS) is 17.2. The molecule has 1 aliphatic rings. The summed E-state index contributed by atoms with van der Waals surface area (Å²) in [5.41, 5.74) is 6.76. The lowest BCUT2D eigenvalue weighted by Gasteiger charge is -2.20. The average Bonchev–Trinajstić information content (AvgIpc) is 2.62. The topological polar surface area (TPSA) is 44.5 Å². The number of anilines is 1. The van der Waals surface area contributed by atoms with Crippen molar-refractivity contribution in [2.45, 2.75) is 64.6 Å². The van der Waals surface area contributed by atoms with Crippen LogP contribution in [0.5, 0.6) is 11.5 Å². The summed E-state index contributed by atoms with van der Waals surface area (Å²) in [6.45, 7) is 4.00. The zero-order chi connectivity index (χ0) is 13.7. The first-order valence-corrected chi connectivity index (χ1v) is 7.38. The van der Waals surface area contributed by atoms with Gasteiger partial charge in [-0.05, 0) is 51.7 Å². The Hall–Kier alpha value is -1.38. The molecule has 0 spiro atoms. The Morgan fingerprint density at radius 3 is 2.32 bits per heavy atom. The number of rotatable bonds is 4. The molecule has 2 N–H and O–H groups in total. The highest BCUT2D eigenvalue weighted by Crippen LogP contribution is 2.34. The fraction of sp³-hybridized carbons (Fsp3) is 0.625. The quantitative estimate of drug-likeness (QED) is 0.655. The van der Waals surface area contributed by atoms with Crippen molar-refractivity contribution in [1.29, 1.82) is 0 Å². The van der Waals surface area contributed by atoms with Crippen molar-refractivity contribution in [3.05, 3.63) is 18.2 Å². The van der Waals surface area contributed by atoms with Gasteiger partial charge in [-0.3, -0.25) is 0 Å². The molecule has 106 valence electrons. The van der Waals surface area contributed by atoms with Gasteiger partial charge in [0.25, 0.3) is 0 Å². The monoisotopic (exact) mass is 263 g/mol. The largest absolute Gasteiger partial charge is 0.489 e. The van der Waals surface area contributed by atoms with Crippen LogP contribution in [0.3, 0.4) is 0 Å². The van der Waals surface area contributed by atoms with Crippen molar-refractivity contribution in [2.24, 2.45) is 0 Å². The minimum Gasteiger partial charge on any atom is -0.489 e. The number of nitrogens with two attached hydrogens (primary N) is 1. The standard InChI is InChI=1S/C16H25NO2/c1-12(2)18-14-10-7-11-15(16(14)17)19-13-8-5-3-4-6-9-13/h7,10-13H,3-6,8-9,17H2,1-2H3. The van der Waals surface area contributed by atoms with Gasteiger partial charge >= 0.3 is 0 Å². The molecule has 0 unspecified atom stereocenters. The van der Waals surface area contributed by atoms with Crippen LogP contribution < -0.4 is 15.2 Å². The molecular formula is C16H25NO2. The van der Waals surface area contributed by atoms with Crippen LogP contribution in [-0.2, 0) is 0 Å². The second-order valence-electron chi connectivity index (χ2n) is 5.57. The van der Waals surface area contributed by atoms with Gasteiger partial charge in [0.1, 0.15) is 17.2 Å². The van der Waals surface area contributed by atoms with Crippen molar-refractivity contribution >= 4 is 5.69 Å². The first-order chi connectivity index (χ1) is 9.16. The molecule has 19 heavy (non-hydrogen) atoms. The molecule has 0 amide bonds. The summed E-state index contributed by atoms with van der Waals surface area (Å²) in [4.78, 5) is 0. The molecule has 0 atom stereocenters. The Bertz CT molecular complexity index is 396. The molecule has 3 heteroatoms. The van der Waals surface area contributed by atoms with Crippen molar-refractivity contribution < 1.29 is 9.47 Å². The summed E-state index contributed by atoms with van der Waals surface area (Å²) < 4.78 is 11.8. The Kier molecular flexibility index (Phi) is 4.94. The van der Waals surface area contributed by atoms with Gasteiger partial charge in [0.15, 0.2) is 0 Å². The third-order valence-electron chi connectivity index (χ3n) is 3.48. The fourth-order valence-electron chi connectivity index (χ4n) is 2.52. The van der Waals surface area contributed by atoms with Crippen molar-refractivity contribution in [1.82, 2.24) is 0 Å². The molecule has 1 fully saturated rings. The Balaban J connectivity index is 2.06. The molecule has 0 saturated heterocycles. The van der Waals surface area contributed by atoms with Crippen LogP contribution in [0.15, 0.2) is 18.2 Å². The van der Waals surface area contributed by atoms with Crippen LogP contribution in [0, 0.1) is 0 Å². The van der Waals surface area contributed by atoms with Gasteiger partial charge in [0.2, 0.25) is 0 Å². The zero-order valence-corrected chi connectivity index (χ0v) is 12.0. The molecule has 1 aliphatic carbocycles. The Morgan fingerprint density at radius 2 is 1.68 bits per heavy atom. The number of hydrogen-bond acceptors (Lipinski definition) is 3. The highest BCUT2D eigenvalue weighted by Gasteiger charge is 2.16. The second-order valence-corrected chi connectivity index (χ2v) is 5.57. The highest BCUT2D eigenvalue weighted by atomic mass is 16.5. The third-order valence-corrected chi connectivity index (χ3v) is 3.48. The van der Waals surface area contributed by atoms with Gasteiger partial charge in [-0.25, -0.2) is 0 Å². The maximum atomic E-state index is 6.14. The number of nitrogen functional groups attached to an aromatic ring is 1. The van der Waals surface area contributed by atoms with Crippen molar-refractivity contribution in [3.8, 4) is 11.5 Å². The summed E-state index contributed by atoms with van der Waals surface area (Å²) in [5, 5.41) is 0.